The summed E-state index contributed by atoms with van der Waals surface area (Å²) in [5, 5.41) is 2.91. The van der Waals surface area contributed by atoms with Crippen LogP contribution in [-0.4, -0.2) is 24.6 Å². The van der Waals surface area contributed by atoms with Crippen molar-refractivity contribution in [3.63, 3.8) is 0 Å². The number of carbonyl (C=O) groups excluding carboxylic acids is 1. The summed E-state index contributed by atoms with van der Waals surface area (Å²) in [6.45, 7) is 6.31. The molecule has 3 aromatic rings. The zero-order valence-corrected chi connectivity index (χ0v) is 17.6. The Morgan fingerprint density at radius 3 is 2.53 bits per heavy atom. The van der Waals surface area contributed by atoms with Gasteiger partial charge in [-0.1, -0.05) is 18.2 Å². The summed E-state index contributed by atoms with van der Waals surface area (Å²) in [4.78, 5) is 17.3. The van der Waals surface area contributed by atoms with Crippen molar-refractivity contribution in [2.24, 2.45) is 0 Å². The van der Waals surface area contributed by atoms with Gasteiger partial charge < -0.3 is 19.5 Å². The van der Waals surface area contributed by atoms with E-state index in [1.54, 1.807) is 25.3 Å². The van der Waals surface area contributed by atoms with Crippen molar-refractivity contribution in [3.05, 3.63) is 77.6 Å². The molecular formula is C24H26N2O4. The molecule has 1 N–H and O–H groups in total. The molecule has 0 bridgehead atoms. The zero-order valence-electron chi connectivity index (χ0n) is 17.6. The fourth-order valence-electron chi connectivity index (χ4n) is 3.05. The quantitative estimate of drug-likeness (QED) is 0.532. The van der Waals surface area contributed by atoms with E-state index in [0.717, 1.165) is 5.69 Å². The van der Waals surface area contributed by atoms with E-state index in [1.165, 1.54) is 0 Å². The minimum Gasteiger partial charge on any atom is -0.493 e. The highest BCUT2D eigenvalue weighted by Gasteiger charge is 2.14. The molecule has 0 saturated heterocycles. The number of para-hydroxylation sites is 2. The summed E-state index contributed by atoms with van der Waals surface area (Å²) in [5.41, 5.74) is 2.59. The molecule has 156 valence electrons. The van der Waals surface area contributed by atoms with Gasteiger partial charge in [-0.25, -0.2) is 0 Å². The van der Waals surface area contributed by atoms with Crippen LogP contribution in [0.25, 0.3) is 0 Å². The molecule has 0 aliphatic rings. The lowest BCUT2D eigenvalue weighted by atomic mass is 10.1. The number of nitrogens with one attached hydrogen (secondary N) is 1. The van der Waals surface area contributed by atoms with E-state index in [2.05, 4.69) is 10.3 Å². The minimum absolute atomic E-state index is 0.116. The van der Waals surface area contributed by atoms with Gasteiger partial charge in [0.05, 0.1) is 30.2 Å². The van der Waals surface area contributed by atoms with Crippen molar-refractivity contribution in [2.75, 3.05) is 19.0 Å². The number of benzene rings is 2. The minimum atomic E-state index is -0.231. The number of rotatable bonds is 8. The van der Waals surface area contributed by atoms with Gasteiger partial charge in [0.15, 0.2) is 11.5 Å². The van der Waals surface area contributed by atoms with Gasteiger partial charge in [0.25, 0.3) is 5.91 Å². The van der Waals surface area contributed by atoms with Crippen molar-refractivity contribution >= 4 is 11.6 Å². The number of anilines is 1. The zero-order chi connectivity index (χ0) is 21.5. The molecule has 0 fully saturated rings. The van der Waals surface area contributed by atoms with Gasteiger partial charge in [-0.2, -0.15) is 0 Å². The highest BCUT2D eigenvalue weighted by atomic mass is 16.5. The van der Waals surface area contributed by atoms with E-state index in [-0.39, 0.29) is 12.0 Å². The molecule has 0 spiro atoms. The van der Waals surface area contributed by atoms with Gasteiger partial charge >= 0.3 is 0 Å². The number of carbonyl (C=O) groups is 1. The van der Waals surface area contributed by atoms with Crippen molar-refractivity contribution < 1.29 is 19.0 Å². The molecule has 30 heavy (non-hydrogen) atoms. The standard InChI is InChI=1S/C24H26N2O4/c1-5-29-17(3)21-14-13-20(16(2)25-21)24(27)26-18-9-8-10-19(15-18)30-23-12-7-6-11-22(23)28-4/h6-15,17H,5H2,1-4H3,(H,26,27). The number of nitrogens with zero attached hydrogens (tertiary/aromatic N) is 1. The first-order valence-electron chi connectivity index (χ1n) is 9.83. The maximum absolute atomic E-state index is 12.8. The van der Waals surface area contributed by atoms with Crippen molar-refractivity contribution in [1.82, 2.24) is 4.98 Å². The normalized spacial score (nSPS) is 11.6. The molecule has 1 heterocycles. The maximum atomic E-state index is 12.8. The Kier molecular flexibility index (Phi) is 7.03. The molecule has 1 unspecified atom stereocenters. The number of aromatic nitrogens is 1. The summed E-state index contributed by atoms with van der Waals surface area (Å²) in [6, 6.07) is 18.2. The highest BCUT2D eigenvalue weighted by Crippen LogP contribution is 2.32. The highest BCUT2D eigenvalue weighted by molar-refractivity contribution is 6.05. The number of hydrogen-bond donors (Lipinski definition) is 1. The maximum Gasteiger partial charge on any atom is 0.257 e. The van der Waals surface area contributed by atoms with Crippen LogP contribution in [0.1, 0.15) is 41.7 Å². The molecule has 3 rings (SSSR count). The fourth-order valence-corrected chi connectivity index (χ4v) is 3.05. The van der Waals surface area contributed by atoms with E-state index in [9.17, 15) is 4.79 Å². The molecule has 0 aliphatic carbocycles. The van der Waals surface area contributed by atoms with E-state index >= 15 is 0 Å². The molecule has 6 nitrogen and oxygen atoms in total. The first-order valence-corrected chi connectivity index (χ1v) is 9.83. The average Bonchev–Trinajstić information content (AvgIpc) is 2.74. The molecule has 0 aliphatic heterocycles. The average molecular weight is 406 g/mol. The van der Waals surface area contributed by atoms with Crippen LogP contribution in [0.15, 0.2) is 60.7 Å². The van der Waals surface area contributed by atoms with Crippen LogP contribution in [-0.2, 0) is 4.74 Å². The van der Waals surface area contributed by atoms with Crippen LogP contribution in [0, 0.1) is 6.92 Å². The second-order valence-corrected chi connectivity index (χ2v) is 6.70. The van der Waals surface area contributed by atoms with E-state index in [0.29, 0.717) is 40.8 Å². The molecule has 0 saturated carbocycles. The Bertz CT molecular complexity index is 1020. The predicted molar refractivity (Wildman–Crippen MR) is 116 cm³/mol. The fraction of sp³-hybridized carbons (Fsp3) is 0.250. The molecule has 0 radical (unpaired) electrons. The monoisotopic (exact) mass is 406 g/mol. The summed E-state index contributed by atoms with van der Waals surface area (Å²) < 4.78 is 16.8. The predicted octanol–water partition coefficient (Wildman–Crippen LogP) is 5.54. The number of hydrogen-bond acceptors (Lipinski definition) is 5. The van der Waals surface area contributed by atoms with Crippen LogP contribution in [0.2, 0.25) is 0 Å². The first kappa shape index (κ1) is 21.3. The van der Waals surface area contributed by atoms with Crippen molar-refractivity contribution in [3.8, 4) is 17.2 Å². The van der Waals surface area contributed by atoms with Crippen molar-refractivity contribution in [2.45, 2.75) is 26.9 Å². The SMILES string of the molecule is CCOC(C)c1ccc(C(=O)Nc2cccc(Oc3ccccc3OC)c2)c(C)n1. The number of ether oxygens (including phenoxy) is 3. The third-order valence-corrected chi connectivity index (χ3v) is 4.57. The van der Waals surface area contributed by atoms with Crippen molar-refractivity contribution in [1.29, 1.82) is 0 Å². The van der Waals surface area contributed by atoms with Gasteiger partial charge in [0.2, 0.25) is 0 Å². The number of pyridine rings is 1. The van der Waals surface area contributed by atoms with Crippen LogP contribution >= 0.6 is 0 Å². The molecule has 2 aromatic carbocycles. The lowest BCUT2D eigenvalue weighted by Crippen LogP contribution is -2.15. The Hall–Kier alpha value is -3.38. The van der Waals surface area contributed by atoms with Crippen LogP contribution < -0.4 is 14.8 Å². The van der Waals surface area contributed by atoms with E-state index in [4.69, 9.17) is 14.2 Å². The van der Waals surface area contributed by atoms with Crippen LogP contribution in [0.5, 0.6) is 17.2 Å². The van der Waals surface area contributed by atoms with Gasteiger partial charge in [-0.05, 0) is 57.2 Å². The summed E-state index contributed by atoms with van der Waals surface area (Å²) in [7, 11) is 1.59. The summed E-state index contributed by atoms with van der Waals surface area (Å²) in [6.07, 6.45) is -0.116. The largest absolute Gasteiger partial charge is 0.493 e. The molecule has 6 heteroatoms. The Morgan fingerprint density at radius 1 is 1.07 bits per heavy atom. The van der Waals surface area contributed by atoms with Gasteiger partial charge in [0, 0.05) is 18.4 Å². The van der Waals surface area contributed by atoms with Gasteiger partial charge in [0.1, 0.15) is 5.75 Å². The lowest BCUT2D eigenvalue weighted by molar-refractivity contribution is 0.0732. The molecule has 1 amide bonds. The topological polar surface area (TPSA) is 69.7 Å². The molecular weight excluding hydrogens is 380 g/mol. The number of amides is 1. The second kappa shape index (κ2) is 9.89. The summed E-state index contributed by atoms with van der Waals surface area (Å²) in [5.74, 6) is 1.59. The smallest absolute Gasteiger partial charge is 0.257 e. The third-order valence-electron chi connectivity index (χ3n) is 4.57. The second-order valence-electron chi connectivity index (χ2n) is 6.70. The Morgan fingerprint density at radius 2 is 1.83 bits per heavy atom. The number of aryl methyl sites for hydroxylation is 1. The van der Waals surface area contributed by atoms with Crippen LogP contribution in [0.3, 0.4) is 0 Å². The molecule has 1 aromatic heterocycles. The third kappa shape index (κ3) is 5.15. The van der Waals surface area contributed by atoms with E-state index < -0.39 is 0 Å². The van der Waals surface area contributed by atoms with Gasteiger partial charge in [-0.15, -0.1) is 0 Å². The lowest BCUT2D eigenvalue weighted by Gasteiger charge is -2.14. The Balaban J connectivity index is 1.74. The van der Waals surface area contributed by atoms with Gasteiger partial charge in [-0.3, -0.25) is 9.78 Å². The summed E-state index contributed by atoms with van der Waals surface area (Å²) >= 11 is 0. The molecule has 1 atom stereocenters. The number of methoxy groups -OCH3 is 1. The Labute approximate surface area is 176 Å². The van der Waals surface area contributed by atoms with E-state index in [1.807, 2.05) is 63.2 Å². The van der Waals surface area contributed by atoms with Crippen LogP contribution in [0.4, 0.5) is 5.69 Å². The first-order chi connectivity index (χ1) is 14.5.